The monoisotopic (exact) mass is 691 g/mol. The van der Waals surface area contributed by atoms with Crippen molar-refractivity contribution in [3.8, 4) is 0 Å². The van der Waals surface area contributed by atoms with E-state index in [-0.39, 0.29) is 29.1 Å². The van der Waals surface area contributed by atoms with Crippen LogP contribution in [0, 0.1) is 0 Å². The highest BCUT2D eigenvalue weighted by atomic mass is 35.5. The third-order valence-corrected chi connectivity index (χ3v) is 8.88. The number of hydrogen-bond donors (Lipinski definition) is 1. The Morgan fingerprint density at radius 3 is 2.18 bits per heavy atom. The molecule has 44 heavy (non-hydrogen) atoms. The van der Waals surface area contributed by atoms with Gasteiger partial charge in [-0.1, -0.05) is 78.1 Å². The Morgan fingerprint density at radius 1 is 0.955 bits per heavy atom. The maximum Gasteiger partial charge on any atom is 0.416 e. The molecule has 3 rings (SSSR count). The minimum atomic E-state index is -4.81. The number of nitrogens with one attached hydrogen (secondary N) is 1. The molecule has 1 N–H and O–H groups in total. The first-order valence-electron chi connectivity index (χ1n) is 13.4. The first-order chi connectivity index (χ1) is 20.5. The number of carbonyl (C=O) groups excluding carboxylic acids is 2. The van der Waals surface area contributed by atoms with E-state index in [1.54, 1.807) is 49.4 Å². The minimum Gasteiger partial charge on any atom is -0.352 e. The van der Waals surface area contributed by atoms with Gasteiger partial charge in [0.05, 0.1) is 22.5 Å². The molecule has 238 valence electrons. The van der Waals surface area contributed by atoms with E-state index in [9.17, 15) is 31.2 Å². The number of benzene rings is 3. The zero-order chi connectivity index (χ0) is 32.8. The molecule has 0 aliphatic heterocycles. The quantitative estimate of drug-likeness (QED) is 0.222. The van der Waals surface area contributed by atoms with Crippen LogP contribution in [0.5, 0.6) is 0 Å². The van der Waals surface area contributed by atoms with Crippen molar-refractivity contribution in [1.29, 1.82) is 0 Å². The molecule has 0 heterocycles. The molecule has 0 aliphatic carbocycles. The summed E-state index contributed by atoms with van der Waals surface area (Å²) >= 11 is 18.7. The highest BCUT2D eigenvalue weighted by Crippen LogP contribution is 2.36. The van der Waals surface area contributed by atoms with Crippen LogP contribution in [-0.2, 0) is 38.8 Å². The highest BCUT2D eigenvalue weighted by Gasteiger charge is 2.36. The molecule has 0 aromatic heterocycles. The number of rotatable bonds is 12. The van der Waals surface area contributed by atoms with E-state index in [0.717, 1.165) is 12.3 Å². The minimum absolute atomic E-state index is 0.0449. The Hall–Kier alpha value is -2.99. The van der Waals surface area contributed by atoms with Crippen LogP contribution in [0.2, 0.25) is 15.1 Å². The topological polar surface area (TPSA) is 86.8 Å². The summed E-state index contributed by atoms with van der Waals surface area (Å²) in [7, 11) is -4.36. The second kappa shape index (κ2) is 14.9. The van der Waals surface area contributed by atoms with Crippen molar-refractivity contribution in [1.82, 2.24) is 10.2 Å². The number of halogens is 6. The molecule has 3 aromatic carbocycles. The lowest BCUT2D eigenvalue weighted by atomic mass is 10.0. The van der Waals surface area contributed by atoms with Gasteiger partial charge in [0, 0.05) is 29.1 Å². The largest absolute Gasteiger partial charge is 0.416 e. The summed E-state index contributed by atoms with van der Waals surface area (Å²) in [4.78, 5) is 29.0. The van der Waals surface area contributed by atoms with E-state index >= 15 is 0 Å². The summed E-state index contributed by atoms with van der Waals surface area (Å²) < 4.78 is 67.0. The van der Waals surface area contributed by atoms with Crippen LogP contribution in [0.3, 0.4) is 0 Å². The van der Waals surface area contributed by atoms with Crippen molar-refractivity contribution in [2.75, 3.05) is 17.1 Å². The van der Waals surface area contributed by atoms with E-state index in [1.807, 2.05) is 6.92 Å². The summed E-state index contributed by atoms with van der Waals surface area (Å²) in [5.41, 5.74) is -0.581. The van der Waals surface area contributed by atoms with Gasteiger partial charge in [-0.15, -0.1) is 0 Å². The van der Waals surface area contributed by atoms with Gasteiger partial charge in [-0.05, 0) is 54.8 Å². The molecule has 0 bridgehead atoms. The lowest BCUT2D eigenvalue weighted by Gasteiger charge is -2.34. The van der Waals surface area contributed by atoms with Crippen LogP contribution in [0.1, 0.15) is 37.0 Å². The summed E-state index contributed by atoms with van der Waals surface area (Å²) in [5.74, 6) is -1.39. The van der Waals surface area contributed by atoms with Crippen LogP contribution in [0.15, 0.2) is 66.7 Å². The number of amides is 2. The van der Waals surface area contributed by atoms with Crippen molar-refractivity contribution in [3.05, 3.63) is 98.5 Å². The molecule has 7 nitrogen and oxygen atoms in total. The maximum absolute atomic E-state index is 14.1. The van der Waals surface area contributed by atoms with E-state index in [1.165, 1.54) is 11.0 Å². The Balaban J connectivity index is 2.15. The molecular weight excluding hydrogens is 662 g/mol. The second-order valence-corrected chi connectivity index (χ2v) is 13.4. The normalized spacial score (nSPS) is 13.2. The maximum atomic E-state index is 14.1. The molecular formula is C30H31Cl3F3N3O4S. The fourth-order valence-electron chi connectivity index (χ4n) is 4.30. The summed E-state index contributed by atoms with van der Waals surface area (Å²) in [6.07, 6.45) is -3.42. The fourth-order valence-corrected chi connectivity index (χ4v) is 5.89. The van der Waals surface area contributed by atoms with Gasteiger partial charge in [-0.2, -0.15) is 13.2 Å². The van der Waals surface area contributed by atoms with Crippen LogP contribution >= 0.6 is 34.8 Å². The molecule has 14 heteroatoms. The Labute approximate surface area is 269 Å². The van der Waals surface area contributed by atoms with E-state index < -0.39 is 51.9 Å². The van der Waals surface area contributed by atoms with Gasteiger partial charge >= 0.3 is 6.18 Å². The summed E-state index contributed by atoms with van der Waals surface area (Å²) in [6, 6.07) is 14.2. The SMILES string of the molecule is CC[C@@H](C)NC(=O)[C@@H](Cc1ccccc1)N(Cc1ccc(Cl)cc1Cl)C(=O)CN(c1cc(C(F)(F)F)ccc1Cl)S(C)(=O)=O. The molecule has 0 radical (unpaired) electrons. The van der Waals surface area contributed by atoms with Crippen molar-refractivity contribution in [3.63, 3.8) is 0 Å². The fraction of sp³-hybridized carbons (Fsp3) is 0.333. The molecule has 0 saturated heterocycles. The molecule has 0 spiro atoms. The summed E-state index contributed by atoms with van der Waals surface area (Å²) in [5, 5.41) is 3.08. The Morgan fingerprint density at radius 2 is 1.61 bits per heavy atom. The van der Waals surface area contributed by atoms with Gasteiger partial charge in [0.25, 0.3) is 0 Å². The number of sulfonamides is 1. The van der Waals surface area contributed by atoms with Crippen molar-refractivity contribution >= 4 is 62.3 Å². The van der Waals surface area contributed by atoms with Gasteiger partial charge in [-0.25, -0.2) is 8.42 Å². The van der Waals surface area contributed by atoms with Crippen LogP contribution in [0.25, 0.3) is 0 Å². The van der Waals surface area contributed by atoms with E-state index in [2.05, 4.69) is 5.32 Å². The first kappa shape index (κ1) is 35.5. The Kier molecular flexibility index (Phi) is 12.0. The zero-order valence-corrected chi connectivity index (χ0v) is 27.1. The van der Waals surface area contributed by atoms with Crippen LogP contribution in [-0.4, -0.2) is 50.0 Å². The predicted molar refractivity (Wildman–Crippen MR) is 167 cm³/mol. The van der Waals surface area contributed by atoms with E-state index in [0.29, 0.717) is 39.0 Å². The van der Waals surface area contributed by atoms with Crippen LogP contribution in [0.4, 0.5) is 18.9 Å². The second-order valence-electron chi connectivity index (χ2n) is 10.2. The average molecular weight is 693 g/mol. The third-order valence-electron chi connectivity index (χ3n) is 6.85. The van der Waals surface area contributed by atoms with Gasteiger partial charge in [0.15, 0.2) is 0 Å². The summed E-state index contributed by atoms with van der Waals surface area (Å²) in [6.45, 7) is 2.47. The average Bonchev–Trinajstić information content (AvgIpc) is 2.94. The van der Waals surface area contributed by atoms with Gasteiger partial charge in [0.1, 0.15) is 12.6 Å². The van der Waals surface area contributed by atoms with Gasteiger partial charge < -0.3 is 10.2 Å². The molecule has 2 amide bonds. The molecule has 0 saturated carbocycles. The number of carbonyl (C=O) groups is 2. The van der Waals surface area contributed by atoms with E-state index in [4.69, 9.17) is 34.8 Å². The Bertz CT molecular complexity index is 1590. The zero-order valence-electron chi connectivity index (χ0n) is 24.0. The standard InChI is InChI=1S/C30H31Cl3F3N3O4S/c1-4-19(2)37-29(41)27(14-20-8-6-5-7-9-20)38(17-21-10-12-23(31)16-25(21)33)28(40)18-39(44(3,42)43)26-15-22(30(34,35)36)11-13-24(26)32/h5-13,15-16,19,27H,4,14,17-18H2,1-3H3,(H,37,41)/t19-,27-/m1/s1. The third kappa shape index (κ3) is 9.50. The predicted octanol–water partition coefficient (Wildman–Crippen LogP) is 6.99. The molecule has 3 aromatic rings. The number of nitrogens with zero attached hydrogens (tertiary/aromatic N) is 2. The van der Waals surface area contributed by atoms with Crippen molar-refractivity contribution in [2.24, 2.45) is 0 Å². The number of hydrogen-bond acceptors (Lipinski definition) is 4. The molecule has 0 aliphatic rings. The number of alkyl halides is 3. The first-order valence-corrected chi connectivity index (χ1v) is 16.4. The molecule has 0 unspecified atom stereocenters. The van der Waals surface area contributed by atoms with Crippen molar-refractivity contribution < 1.29 is 31.2 Å². The smallest absolute Gasteiger partial charge is 0.352 e. The van der Waals surface area contributed by atoms with Gasteiger partial charge in [-0.3, -0.25) is 13.9 Å². The molecule has 0 fully saturated rings. The lowest BCUT2D eigenvalue weighted by molar-refractivity contribution is -0.140. The van der Waals surface area contributed by atoms with Crippen molar-refractivity contribution in [2.45, 2.75) is 51.5 Å². The number of anilines is 1. The molecule has 2 atom stereocenters. The van der Waals surface area contributed by atoms with Gasteiger partial charge in [0.2, 0.25) is 21.8 Å². The highest BCUT2D eigenvalue weighted by molar-refractivity contribution is 7.92. The van der Waals surface area contributed by atoms with Crippen LogP contribution < -0.4 is 9.62 Å². The lowest BCUT2D eigenvalue weighted by Crippen LogP contribution is -2.54.